The van der Waals surface area contributed by atoms with Gasteiger partial charge in [-0.25, -0.2) is 0 Å². The topological polar surface area (TPSA) is 61.8 Å². The first-order valence-electron chi connectivity index (χ1n) is 6.66. The van der Waals surface area contributed by atoms with Gasteiger partial charge in [0.15, 0.2) is 5.84 Å². The van der Waals surface area contributed by atoms with Crippen LogP contribution in [-0.2, 0) is 0 Å². The van der Waals surface area contributed by atoms with Crippen LogP contribution in [0, 0.1) is 11.8 Å². The second-order valence-corrected chi connectivity index (χ2v) is 5.93. The van der Waals surface area contributed by atoms with Gasteiger partial charge in [-0.1, -0.05) is 19.0 Å². The van der Waals surface area contributed by atoms with E-state index in [1.807, 2.05) is 0 Å². The standard InChI is InChI=1S/C13H27N3O/c1-9(2)16(8-13(14)15-17)12-6-10(3)5-11(4)7-12/h9-12,17H,5-8H2,1-4H3,(H2,14,15). The molecule has 0 saturated heterocycles. The minimum absolute atomic E-state index is 0.310. The Hall–Kier alpha value is -0.770. The number of nitrogens with two attached hydrogens (primary N) is 1. The Kier molecular flexibility index (Phi) is 5.25. The summed E-state index contributed by atoms with van der Waals surface area (Å²) in [4.78, 5) is 2.36. The van der Waals surface area contributed by atoms with Crippen molar-refractivity contribution < 1.29 is 5.21 Å². The van der Waals surface area contributed by atoms with E-state index in [0.717, 1.165) is 11.8 Å². The molecule has 1 rings (SSSR count). The molecule has 17 heavy (non-hydrogen) atoms. The van der Waals surface area contributed by atoms with Gasteiger partial charge in [-0.15, -0.1) is 0 Å². The number of amidine groups is 1. The Bertz CT molecular complexity index is 255. The molecule has 0 aromatic heterocycles. The van der Waals surface area contributed by atoms with Crippen molar-refractivity contribution in [1.82, 2.24) is 4.90 Å². The van der Waals surface area contributed by atoms with Crippen molar-refractivity contribution in [3.05, 3.63) is 0 Å². The highest BCUT2D eigenvalue weighted by molar-refractivity contribution is 5.81. The largest absolute Gasteiger partial charge is 0.409 e. The Morgan fingerprint density at radius 3 is 2.24 bits per heavy atom. The third-order valence-electron chi connectivity index (χ3n) is 3.76. The first-order valence-corrected chi connectivity index (χ1v) is 6.66. The van der Waals surface area contributed by atoms with E-state index in [-0.39, 0.29) is 0 Å². The van der Waals surface area contributed by atoms with Gasteiger partial charge in [0.2, 0.25) is 0 Å². The highest BCUT2D eigenvalue weighted by Crippen LogP contribution is 2.32. The van der Waals surface area contributed by atoms with Gasteiger partial charge in [-0.2, -0.15) is 0 Å². The van der Waals surface area contributed by atoms with Gasteiger partial charge in [0.1, 0.15) is 0 Å². The van der Waals surface area contributed by atoms with Crippen LogP contribution in [0.1, 0.15) is 47.0 Å². The summed E-state index contributed by atoms with van der Waals surface area (Å²) in [5, 5.41) is 11.8. The summed E-state index contributed by atoms with van der Waals surface area (Å²) in [7, 11) is 0. The summed E-state index contributed by atoms with van der Waals surface area (Å²) in [6.07, 6.45) is 3.77. The highest BCUT2D eigenvalue weighted by Gasteiger charge is 2.30. The van der Waals surface area contributed by atoms with Crippen LogP contribution in [0.2, 0.25) is 0 Å². The van der Waals surface area contributed by atoms with Gasteiger partial charge >= 0.3 is 0 Å². The highest BCUT2D eigenvalue weighted by atomic mass is 16.4. The molecule has 0 aromatic carbocycles. The van der Waals surface area contributed by atoms with Crippen molar-refractivity contribution in [2.45, 2.75) is 59.0 Å². The van der Waals surface area contributed by atoms with Gasteiger partial charge in [0.05, 0.1) is 6.54 Å². The van der Waals surface area contributed by atoms with Gasteiger partial charge in [-0.3, -0.25) is 4.90 Å². The predicted molar refractivity (Wildman–Crippen MR) is 71.2 cm³/mol. The van der Waals surface area contributed by atoms with Gasteiger partial charge in [0, 0.05) is 12.1 Å². The summed E-state index contributed by atoms with van der Waals surface area (Å²) in [6.45, 7) is 9.57. The molecule has 0 radical (unpaired) electrons. The maximum absolute atomic E-state index is 8.70. The average Bonchev–Trinajstić information content (AvgIpc) is 2.23. The molecule has 100 valence electrons. The zero-order valence-electron chi connectivity index (χ0n) is 11.6. The lowest BCUT2D eigenvalue weighted by atomic mass is 9.79. The van der Waals surface area contributed by atoms with E-state index in [9.17, 15) is 0 Å². The van der Waals surface area contributed by atoms with Crippen LogP contribution in [-0.4, -0.2) is 34.6 Å². The lowest BCUT2D eigenvalue weighted by Gasteiger charge is -2.41. The van der Waals surface area contributed by atoms with E-state index >= 15 is 0 Å². The molecular weight excluding hydrogens is 214 g/mol. The number of nitrogens with zero attached hydrogens (tertiary/aromatic N) is 2. The van der Waals surface area contributed by atoms with Crippen molar-refractivity contribution in [2.75, 3.05) is 6.54 Å². The number of oxime groups is 1. The fraction of sp³-hybridized carbons (Fsp3) is 0.923. The summed E-state index contributed by atoms with van der Waals surface area (Å²) in [5.74, 6) is 1.86. The van der Waals surface area contributed by atoms with Gasteiger partial charge in [0.25, 0.3) is 0 Å². The van der Waals surface area contributed by atoms with E-state index in [1.54, 1.807) is 0 Å². The van der Waals surface area contributed by atoms with Gasteiger partial charge in [-0.05, 0) is 44.9 Å². The molecule has 4 nitrogen and oxygen atoms in total. The zero-order chi connectivity index (χ0) is 13.0. The predicted octanol–water partition coefficient (Wildman–Crippen LogP) is 2.27. The third kappa shape index (κ3) is 4.19. The van der Waals surface area contributed by atoms with Crippen molar-refractivity contribution in [1.29, 1.82) is 0 Å². The van der Waals surface area contributed by atoms with Crippen molar-refractivity contribution in [2.24, 2.45) is 22.7 Å². The first-order chi connectivity index (χ1) is 7.93. The Balaban J connectivity index is 2.69. The Labute approximate surface area is 105 Å². The number of hydrogen-bond donors (Lipinski definition) is 2. The maximum atomic E-state index is 8.70. The molecule has 0 aromatic rings. The molecule has 2 atom stereocenters. The minimum Gasteiger partial charge on any atom is -0.409 e. The van der Waals surface area contributed by atoms with Crippen LogP contribution in [0.25, 0.3) is 0 Å². The van der Waals surface area contributed by atoms with Gasteiger partial charge < -0.3 is 10.9 Å². The Morgan fingerprint density at radius 1 is 1.29 bits per heavy atom. The fourth-order valence-corrected chi connectivity index (χ4v) is 3.13. The van der Waals surface area contributed by atoms with E-state index in [0.29, 0.717) is 24.5 Å². The summed E-state index contributed by atoms with van der Waals surface area (Å²) < 4.78 is 0. The van der Waals surface area contributed by atoms with Crippen molar-refractivity contribution >= 4 is 5.84 Å². The maximum Gasteiger partial charge on any atom is 0.153 e. The number of rotatable bonds is 4. The molecule has 0 heterocycles. The molecule has 1 fully saturated rings. The van der Waals surface area contributed by atoms with E-state index in [2.05, 4.69) is 37.8 Å². The molecule has 1 aliphatic carbocycles. The molecule has 0 spiro atoms. The van der Waals surface area contributed by atoms with Crippen molar-refractivity contribution in [3.63, 3.8) is 0 Å². The first kappa shape index (κ1) is 14.3. The van der Waals surface area contributed by atoms with Crippen LogP contribution in [0.3, 0.4) is 0 Å². The minimum atomic E-state index is 0.310. The lowest BCUT2D eigenvalue weighted by molar-refractivity contribution is 0.0971. The van der Waals surface area contributed by atoms with E-state index in [1.165, 1.54) is 19.3 Å². The molecule has 2 unspecified atom stereocenters. The SMILES string of the molecule is CC1CC(C)CC(N(C/C(N)=N/O)C(C)C)C1. The third-order valence-corrected chi connectivity index (χ3v) is 3.76. The van der Waals surface area contributed by atoms with Crippen LogP contribution < -0.4 is 5.73 Å². The quantitative estimate of drug-likeness (QED) is 0.343. The second kappa shape index (κ2) is 6.24. The normalized spacial score (nSPS) is 31.2. The fourth-order valence-electron chi connectivity index (χ4n) is 3.13. The molecular formula is C13H27N3O. The molecule has 3 N–H and O–H groups in total. The Morgan fingerprint density at radius 2 is 1.82 bits per heavy atom. The molecule has 1 aliphatic rings. The molecule has 1 saturated carbocycles. The monoisotopic (exact) mass is 241 g/mol. The summed E-state index contributed by atoms with van der Waals surface area (Å²) in [5.41, 5.74) is 5.65. The average molecular weight is 241 g/mol. The summed E-state index contributed by atoms with van der Waals surface area (Å²) in [6, 6.07) is 0.992. The van der Waals surface area contributed by atoms with Crippen LogP contribution >= 0.6 is 0 Å². The zero-order valence-corrected chi connectivity index (χ0v) is 11.6. The van der Waals surface area contributed by atoms with Crippen LogP contribution in [0.5, 0.6) is 0 Å². The van der Waals surface area contributed by atoms with Crippen molar-refractivity contribution in [3.8, 4) is 0 Å². The molecule has 0 aliphatic heterocycles. The van der Waals surface area contributed by atoms with Crippen LogP contribution in [0.4, 0.5) is 0 Å². The van der Waals surface area contributed by atoms with Crippen LogP contribution in [0.15, 0.2) is 5.16 Å². The molecule has 0 amide bonds. The lowest BCUT2D eigenvalue weighted by Crippen LogP contribution is -2.48. The smallest absolute Gasteiger partial charge is 0.153 e. The number of hydrogen-bond acceptors (Lipinski definition) is 3. The molecule has 4 heteroatoms. The molecule has 0 bridgehead atoms. The summed E-state index contributed by atoms with van der Waals surface area (Å²) >= 11 is 0. The van der Waals surface area contributed by atoms with E-state index < -0.39 is 0 Å². The van der Waals surface area contributed by atoms with E-state index in [4.69, 9.17) is 10.9 Å². The second-order valence-electron chi connectivity index (χ2n) is 5.93.